The number of hydrogen-bond acceptors (Lipinski definition) is 5. The summed E-state index contributed by atoms with van der Waals surface area (Å²) in [6.45, 7) is 2.16. The number of aromatic nitrogens is 6. The van der Waals surface area contributed by atoms with Crippen molar-refractivity contribution in [3.05, 3.63) is 29.8 Å². The molecule has 4 aromatic rings. The van der Waals surface area contributed by atoms with Crippen LogP contribution in [0.4, 0.5) is 10.2 Å². The number of nitrogens with zero attached hydrogens (tertiary/aromatic N) is 5. The molecule has 0 radical (unpaired) electrons. The number of hydrogen-bond donors (Lipinski definition) is 2. The fourth-order valence-corrected chi connectivity index (χ4v) is 5.90. The molecule has 4 aromatic heterocycles. The summed E-state index contributed by atoms with van der Waals surface area (Å²) >= 11 is 6.10. The zero-order valence-corrected chi connectivity index (χ0v) is 18.6. The van der Waals surface area contributed by atoms with Gasteiger partial charge in [-0.1, -0.05) is 18.5 Å². The molecule has 166 valence electrons. The Labute approximate surface area is 189 Å². The van der Waals surface area contributed by atoms with Gasteiger partial charge in [-0.15, -0.1) is 0 Å². The third kappa shape index (κ3) is 3.15. The van der Waals surface area contributed by atoms with Gasteiger partial charge in [0.1, 0.15) is 28.8 Å². The topological polar surface area (TPSA) is 84.3 Å². The maximum absolute atomic E-state index is 13.2. The summed E-state index contributed by atoms with van der Waals surface area (Å²) in [6, 6.07) is 2.37. The smallest absolute Gasteiger partial charge is 0.167 e. The van der Waals surface area contributed by atoms with Gasteiger partial charge in [0, 0.05) is 18.4 Å². The minimum absolute atomic E-state index is 0.253. The van der Waals surface area contributed by atoms with Gasteiger partial charge in [-0.2, -0.15) is 0 Å². The third-order valence-electron chi connectivity index (χ3n) is 7.47. The normalized spacial score (nSPS) is 25.1. The van der Waals surface area contributed by atoms with Crippen LogP contribution in [0.5, 0.6) is 0 Å². The summed E-state index contributed by atoms with van der Waals surface area (Å²) in [5.41, 5.74) is 2.69. The largest absolute Gasteiger partial charge is 0.366 e. The highest BCUT2D eigenvalue weighted by molar-refractivity contribution is 6.29. The van der Waals surface area contributed by atoms with Crippen molar-refractivity contribution < 1.29 is 4.39 Å². The lowest BCUT2D eigenvalue weighted by atomic mass is 9.62. The van der Waals surface area contributed by atoms with Gasteiger partial charge >= 0.3 is 0 Å². The number of H-pyrrole nitrogens is 1. The number of aryl methyl sites for hydroxylation is 1. The van der Waals surface area contributed by atoms with E-state index < -0.39 is 6.67 Å². The van der Waals surface area contributed by atoms with Crippen molar-refractivity contribution in [1.82, 2.24) is 29.5 Å². The number of anilines is 1. The first-order valence-corrected chi connectivity index (χ1v) is 11.7. The third-order valence-corrected chi connectivity index (χ3v) is 7.66. The molecule has 3 aliphatic rings. The molecule has 2 bridgehead atoms. The SMILES string of the molecule is CC1C2CCC(CC2)C1Nc1nc(-c2c[nH]c3ncc(Cl)nc23)nc2c1ccn2CCF. The van der Waals surface area contributed by atoms with Gasteiger partial charge < -0.3 is 14.9 Å². The molecule has 7 rings (SSSR count). The van der Waals surface area contributed by atoms with Crippen LogP contribution in [-0.2, 0) is 6.54 Å². The minimum Gasteiger partial charge on any atom is -0.366 e. The van der Waals surface area contributed by atoms with Crippen LogP contribution in [0.15, 0.2) is 24.7 Å². The number of fused-ring (bicyclic) bond motifs is 5. The zero-order valence-electron chi connectivity index (χ0n) is 17.9. The van der Waals surface area contributed by atoms with Crippen LogP contribution in [0.25, 0.3) is 33.6 Å². The van der Waals surface area contributed by atoms with Gasteiger partial charge in [0.15, 0.2) is 11.5 Å². The quantitative estimate of drug-likeness (QED) is 0.432. The van der Waals surface area contributed by atoms with E-state index >= 15 is 0 Å². The lowest BCUT2D eigenvalue weighted by molar-refractivity contribution is 0.0929. The van der Waals surface area contributed by atoms with E-state index in [1.165, 1.54) is 31.9 Å². The molecule has 2 unspecified atom stereocenters. The Morgan fingerprint density at radius 3 is 2.78 bits per heavy atom. The Morgan fingerprint density at radius 1 is 1.19 bits per heavy atom. The predicted octanol–water partition coefficient (Wildman–Crippen LogP) is 5.23. The van der Waals surface area contributed by atoms with Gasteiger partial charge in [0.25, 0.3) is 0 Å². The van der Waals surface area contributed by atoms with Crippen molar-refractivity contribution in [2.24, 2.45) is 17.8 Å². The number of nitrogens with one attached hydrogen (secondary N) is 2. The fraction of sp³-hybridized carbons (Fsp3) is 0.478. The molecule has 7 nitrogen and oxygen atoms in total. The molecular formula is C23H25ClFN7. The highest BCUT2D eigenvalue weighted by Gasteiger charge is 2.41. The van der Waals surface area contributed by atoms with E-state index in [0.29, 0.717) is 45.7 Å². The predicted molar refractivity (Wildman–Crippen MR) is 123 cm³/mol. The monoisotopic (exact) mass is 453 g/mol. The van der Waals surface area contributed by atoms with Crippen LogP contribution < -0.4 is 5.32 Å². The van der Waals surface area contributed by atoms with Crippen LogP contribution in [0, 0.1) is 17.8 Å². The Morgan fingerprint density at radius 2 is 2.00 bits per heavy atom. The molecule has 0 spiro atoms. The van der Waals surface area contributed by atoms with E-state index in [0.717, 1.165) is 22.7 Å². The van der Waals surface area contributed by atoms with Crippen LogP contribution in [0.1, 0.15) is 32.6 Å². The van der Waals surface area contributed by atoms with E-state index in [4.69, 9.17) is 21.6 Å². The average Bonchev–Trinajstić information content (AvgIpc) is 3.41. The molecule has 0 saturated heterocycles. The van der Waals surface area contributed by atoms with Gasteiger partial charge in [0.2, 0.25) is 0 Å². The molecular weight excluding hydrogens is 429 g/mol. The molecule has 2 atom stereocenters. The average molecular weight is 454 g/mol. The number of alkyl halides is 1. The van der Waals surface area contributed by atoms with Crippen molar-refractivity contribution in [1.29, 1.82) is 0 Å². The van der Waals surface area contributed by atoms with Crippen LogP contribution in [0.3, 0.4) is 0 Å². The second-order valence-corrected chi connectivity index (χ2v) is 9.51. The summed E-state index contributed by atoms with van der Waals surface area (Å²) < 4.78 is 15.1. The van der Waals surface area contributed by atoms with E-state index in [9.17, 15) is 4.39 Å². The van der Waals surface area contributed by atoms with Crippen molar-refractivity contribution >= 4 is 39.6 Å². The fourth-order valence-electron chi connectivity index (χ4n) is 5.77. The minimum atomic E-state index is -0.455. The number of aromatic amines is 1. The lowest BCUT2D eigenvalue weighted by Gasteiger charge is -2.47. The maximum Gasteiger partial charge on any atom is 0.167 e. The van der Waals surface area contributed by atoms with Crippen molar-refractivity contribution in [3.63, 3.8) is 0 Å². The zero-order chi connectivity index (χ0) is 21.8. The molecule has 32 heavy (non-hydrogen) atoms. The first kappa shape index (κ1) is 19.9. The molecule has 3 aliphatic carbocycles. The summed E-state index contributed by atoms with van der Waals surface area (Å²) in [5, 5.41) is 5.02. The van der Waals surface area contributed by atoms with Gasteiger partial charge in [-0.25, -0.2) is 24.3 Å². The molecule has 0 aromatic carbocycles. The molecule has 3 fully saturated rings. The standard InChI is InChI=1S/C23H25ClFN7/c1-12-13-2-4-14(5-3-13)18(12)29-20-15-6-8-32(9-7-25)23(15)31-21(30-20)16-10-26-22-19(16)28-17(24)11-27-22/h6,8,10-14,18H,2-5,7,9H2,1H3,(H,26,27)(H,29,30,31). The first-order valence-electron chi connectivity index (χ1n) is 11.3. The van der Waals surface area contributed by atoms with Crippen molar-refractivity contribution in [3.8, 4) is 11.4 Å². The Kier molecular flexibility index (Phi) is 4.78. The van der Waals surface area contributed by atoms with E-state index in [2.05, 4.69) is 27.2 Å². The highest BCUT2D eigenvalue weighted by atomic mass is 35.5. The lowest BCUT2D eigenvalue weighted by Crippen LogP contribution is -2.47. The maximum atomic E-state index is 13.2. The first-order chi connectivity index (χ1) is 15.6. The Balaban J connectivity index is 1.49. The van der Waals surface area contributed by atoms with E-state index in [-0.39, 0.29) is 6.54 Å². The molecule has 9 heteroatoms. The van der Waals surface area contributed by atoms with Crippen LogP contribution in [-0.4, -0.2) is 42.2 Å². The molecule has 3 saturated carbocycles. The second-order valence-electron chi connectivity index (χ2n) is 9.13. The molecule has 0 amide bonds. The Bertz CT molecular complexity index is 1290. The van der Waals surface area contributed by atoms with Gasteiger partial charge in [-0.05, 0) is 49.5 Å². The Hall–Kier alpha value is -2.74. The van der Waals surface area contributed by atoms with E-state index in [1.54, 1.807) is 6.20 Å². The van der Waals surface area contributed by atoms with E-state index in [1.807, 2.05) is 16.8 Å². The molecule has 4 heterocycles. The van der Waals surface area contributed by atoms with Crippen molar-refractivity contribution in [2.45, 2.75) is 45.2 Å². The van der Waals surface area contributed by atoms with Gasteiger partial charge in [-0.3, -0.25) is 0 Å². The van der Waals surface area contributed by atoms with Crippen LogP contribution >= 0.6 is 11.6 Å². The number of rotatable bonds is 5. The number of halogens is 2. The summed E-state index contributed by atoms with van der Waals surface area (Å²) in [5.74, 6) is 3.36. The summed E-state index contributed by atoms with van der Waals surface area (Å²) in [7, 11) is 0. The van der Waals surface area contributed by atoms with Crippen molar-refractivity contribution in [2.75, 3.05) is 12.0 Å². The molecule has 0 aliphatic heterocycles. The van der Waals surface area contributed by atoms with Crippen LogP contribution in [0.2, 0.25) is 5.15 Å². The molecule has 2 N–H and O–H groups in total. The summed E-state index contributed by atoms with van der Waals surface area (Å²) in [6.07, 6.45) is 10.4. The second kappa shape index (κ2) is 7.69. The summed E-state index contributed by atoms with van der Waals surface area (Å²) in [4.78, 5) is 21.6. The van der Waals surface area contributed by atoms with Gasteiger partial charge in [0.05, 0.1) is 23.7 Å². The highest BCUT2D eigenvalue weighted by Crippen LogP contribution is 2.46.